The zero-order chi connectivity index (χ0) is 27.0. The molecule has 5 amide bonds. The lowest BCUT2D eigenvalue weighted by Crippen LogP contribution is -2.54. The van der Waals surface area contributed by atoms with E-state index in [0.29, 0.717) is 51.1 Å². The summed E-state index contributed by atoms with van der Waals surface area (Å²) in [5.41, 5.74) is 0.755. The van der Waals surface area contributed by atoms with E-state index in [9.17, 15) is 24.0 Å². The molecule has 0 aromatic heterocycles. The molecule has 1 aromatic rings. The third kappa shape index (κ3) is 4.93. The number of benzene rings is 1. The summed E-state index contributed by atoms with van der Waals surface area (Å²) in [5.74, 6) is -0.388. The van der Waals surface area contributed by atoms with E-state index in [2.05, 4.69) is 10.6 Å². The minimum Gasteiger partial charge on any atom is -0.496 e. The van der Waals surface area contributed by atoms with Gasteiger partial charge in [0.25, 0.3) is 0 Å². The second-order valence-corrected chi connectivity index (χ2v) is 10.7. The van der Waals surface area contributed by atoms with Crippen LogP contribution < -0.4 is 15.4 Å². The average Bonchev–Trinajstić information content (AvgIpc) is 3.50. The molecule has 0 saturated carbocycles. The molecule has 0 aliphatic carbocycles. The second kappa shape index (κ2) is 10.6. The number of likely N-dealkylation sites (tertiary alicyclic amines) is 2. The van der Waals surface area contributed by atoms with Gasteiger partial charge in [-0.3, -0.25) is 24.0 Å². The summed E-state index contributed by atoms with van der Waals surface area (Å²) in [6.07, 6.45) is 2.12. The van der Waals surface area contributed by atoms with Crippen molar-refractivity contribution in [3.8, 4) is 5.75 Å². The van der Waals surface area contributed by atoms with Gasteiger partial charge in [0.2, 0.25) is 29.5 Å². The molecule has 4 atom stereocenters. The number of rotatable bonds is 5. The van der Waals surface area contributed by atoms with E-state index in [4.69, 9.17) is 4.74 Å². The van der Waals surface area contributed by atoms with Gasteiger partial charge in [-0.1, -0.05) is 18.2 Å². The van der Waals surface area contributed by atoms with E-state index in [1.807, 2.05) is 18.2 Å². The van der Waals surface area contributed by atoms with Gasteiger partial charge in [0.1, 0.15) is 17.8 Å². The minimum absolute atomic E-state index is 0.00317. The molecule has 0 spiro atoms. The highest BCUT2D eigenvalue weighted by Gasteiger charge is 2.53. The molecule has 0 radical (unpaired) electrons. The predicted molar refractivity (Wildman–Crippen MR) is 136 cm³/mol. The van der Waals surface area contributed by atoms with Crippen molar-refractivity contribution in [3.63, 3.8) is 0 Å². The zero-order valence-corrected chi connectivity index (χ0v) is 21.9. The van der Waals surface area contributed by atoms with Crippen molar-refractivity contribution >= 4 is 29.5 Å². The van der Waals surface area contributed by atoms with Crippen LogP contribution in [0.4, 0.5) is 0 Å². The molecule has 4 fully saturated rings. The summed E-state index contributed by atoms with van der Waals surface area (Å²) in [5, 5.41) is 5.98. The molecule has 0 unspecified atom stereocenters. The molecule has 5 rings (SSSR count). The van der Waals surface area contributed by atoms with Crippen LogP contribution in [-0.2, 0) is 30.4 Å². The number of carbonyl (C=O) groups is 5. The third-order valence-electron chi connectivity index (χ3n) is 8.35. The lowest BCUT2D eigenvalue weighted by atomic mass is 9.94. The molecular weight excluding hydrogens is 490 g/mol. The Morgan fingerprint density at radius 3 is 2.53 bits per heavy atom. The summed E-state index contributed by atoms with van der Waals surface area (Å²) < 4.78 is 5.33. The van der Waals surface area contributed by atoms with Crippen molar-refractivity contribution in [3.05, 3.63) is 29.8 Å². The molecule has 11 nitrogen and oxygen atoms in total. The van der Waals surface area contributed by atoms with E-state index < -0.39 is 18.1 Å². The summed E-state index contributed by atoms with van der Waals surface area (Å²) in [4.78, 5) is 69.7. The maximum atomic E-state index is 13.8. The van der Waals surface area contributed by atoms with Crippen LogP contribution >= 0.6 is 0 Å². The summed E-state index contributed by atoms with van der Waals surface area (Å²) >= 11 is 0. The molecule has 0 bridgehead atoms. The van der Waals surface area contributed by atoms with Gasteiger partial charge in [0.05, 0.1) is 19.6 Å². The molecule has 4 saturated heterocycles. The van der Waals surface area contributed by atoms with Gasteiger partial charge in [-0.2, -0.15) is 0 Å². The predicted octanol–water partition coefficient (Wildman–Crippen LogP) is -0.319. The smallest absolute Gasteiger partial charge is 0.248 e. The van der Waals surface area contributed by atoms with Gasteiger partial charge in [-0.25, -0.2) is 0 Å². The number of para-hydroxylation sites is 1. The van der Waals surface area contributed by atoms with E-state index in [1.165, 1.54) is 11.8 Å². The van der Waals surface area contributed by atoms with Gasteiger partial charge in [-0.15, -0.1) is 0 Å². The number of ether oxygens (including phenoxy) is 1. The molecule has 11 heteroatoms. The Morgan fingerprint density at radius 1 is 1.08 bits per heavy atom. The largest absolute Gasteiger partial charge is 0.496 e. The van der Waals surface area contributed by atoms with Crippen LogP contribution in [0, 0.1) is 5.92 Å². The number of fused-ring (bicyclic) bond motifs is 2. The quantitative estimate of drug-likeness (QED) is 0.543. The molecule has 204 valence electrons. The molecule has 4 heterocycles. The molecule has 4 aliphatic rings. The van der Waals surface area contributed by atoms with Gasteiger partial charge < -0.3 is 30.1 Å². The van der Waals surface area contributed by atoms with Crippen molar-refractivity contribution in [2.75, 3.05) is 33.3 Å². The van der Waals surface area contributed by atoms with Crippen LogP contribution in [0.5, 0.6) is 5.75 Å². The second-order valence-electron chi connectivity index (χ2n) is 10.7. The number of hydrogen-bond donors (Lipinski definition) is 2. The topological polar surface area (TPSA) is 128 Å². The lowest BCUT2D eigenvalue weighted by Gasteiger charge is -2.35. The normalized spacial score (nSPS) is 27.4. The van der Waals surface area contributed by atoms with Gasteiger partial charge >= 0.3 is 0 Å². The van der Waals surface area contributed by atoms with Crippen LogP contribution in [0.2, 0.25) is 0 Å². The van der Waals surface area contributed by atoms with Gasteiger partial charge in [0.15, 0.2) is 0 Å². The monoisotopic (exact) mass is 525 g/mol. The zero-order valence-electron chi connectivity index (χ0n) is 21.9. The Morgan fingerprint density at radius 2 is 1.82 bits per heavy atom. The average molecular weight is 526 g/mol. The standard InChI is InChI=1S/C27H35N5O6/c1-16(33)30-10-7-17(8-11-30)26(36)31-12-9-20-24(31)27(37)32-15-19(14-21(32)25(35)29-20)28-23(34)13-18-5-3-4-6-22(18)38-2/h3-6,17,19-21,24H,7-15H2,1-2H3,(H,28,34)(H,29,35)/t19-,20-,21+,24-/m0/s1. The van der Waals surface area contributed by atoms with Crippen LogP contribution in [0.3, 0.4) is 0 Å². The van der Waals surface area contributed by atoms with Crippen molar-refractivity contribution in [1.29, 1.82) is 0 Å². The minimum atomic E-state index is -0.745. The first kappa shape index (κ1) is 26.0. The fraction of sp³-hybridized carbons (Fsp3) is 0.593. The first-order valence-electron chi connectivity index (χ1n) is 13.3. The fourth-order valence-corrected chi connectivity index (χ4v) is 6.35. The Bertz CT molecular complexity index is 1130. The molecule has 38 heavy (non-hydrogen) atoms. The third-order valence-corrected chi connectivity index (χ3v) is 8.35. The van der Waals surface area contributed by atoms with Crippen LogP contribution in [0.25, 0.3) is 0 Å². The first-order valence-corrected chi connectivity index (χ1v) is 13.3. The first-order chi connectivity index (χ1) is 18.3. The molecule has 1 aromatic carbocycles. The number of carbonyl (C=O) groups excluding carboxylic acids is 5. The number of amides is 5. The van der Waals surface area contributed by atoms with Crippen molar-refractivity contribution < 1.29 is 28.7 Å². The number of nitrogens with one attached hydrogen (secondary N) is 2. The maximum absolute atomic E-state index is 13.8. The fourth-order valence-electron chi connectivity index (χ4n) is 6.35. The SMILES string of the molecule is COc1ccccc1CC(=O)N[C@H]1C[C@@H]2C(=O)N[C@H]3CCN(C(=O)C4CCN(C(C)=O)CC4)[C@@H]3C(=O)N2C1. The Labute approximate surface area is 221 Å². The summed E-state index contributed by atoms with van der Waals surface area (Å²) in [7, 11) is 1.55. The Hall–Kier alpha value is -3.63. The highest BCUT2D eigenvalue weighted by Crippen LogP contribution is 2.31. The van der Waals surface area contributed by atoms with Gasteiger partial charge in [0, 0.05) is 50.6 Å². The Kier molecular flexibility index (Phi) is 7.27. The molecular formula is C27H35N5O6. The maximum Gasteiger partial charge on any atom is 0.248 e. The highest BCUT2D eigenvalue weighted by molar-refractivity contribution is 5.97. The lowest BCUT2D eigenvalue weighted by molar-refractivity contribution is -0.148. The summed E-state index contributed by atoms with van der Waals surface area (Å²) in [6.45, 7) is 3.22. The highest BCUT2D eigenvalue weighted by atomic mass is 16.5. The van der Waals surface area contributed by atoms with E-state index in [-0.39, 0.29) is 54.5 Å². The van der Waals surface area contributed by atoms with Gasteiger partial charge in [-0.05, 0) is 31.7 Å². The number of nitrogens with zero attached hydrogens (tertiary/aromatic N) is 3. The van der Waals surface area contributed by atoms with Crippen molar-refractivity contribution in [1.82, 2.24) is 25.3 Å². The number of piperidine rings is 1. The number of hydrogen-bond acceptors (Lipinski definition) is 6. The summed E-state index contributed by atoms with van der Waals surface area (Å²) in [6, 6.07) is 5.09. The number of methoxy groups -OCH3 is 1. The van der Waals surface area contributed by atoms with E-state index >= 15 is 0 Å². The van der Waals surface area contributed by atoms with Crippen LogP contribution in [0.1, 0.15) is 38.2 Å². The van der Waals surface area contributed by atoms with Crippen molar-refractivity contribution in [2.24, 2.45) is 5.92 Å². The van der Waals surface area contributed by atoms with E-state index in [0.717, 1.165) is 5.56 Å². The molecule has 4 aliphatic heterocycles. The van der Waals surface area contributed by atoms with Crippen LogP contribution in [-0.4, -0.2) is 102 Å². The van der Waals surface area contributed by atoms with Crippen molar-refractivity contribution in [2.45, 2.75) is 63.2 Å². The molecule has 2 N–H and O–H groups in total. The van der Waals surface area contributed by atoms with E-state index in [1.54, 1.807) is 23.0 Å². The van der Waals surface area contributed by atoms with Crippen LogP contribution in [0.15, 0.2) is 24.3 Å². The Balaban J connectivity index is 1.24.